The Hall–Kier alpha value is -3.77. The van der Waals surface area contributed by atoms with Crippen LogP contribution < -0.4 is 5.32 Å². The number of rotatable bonds is 6. The van der Waals surface area contributed by atoms with Crippen molar-refractivity contribution >= 4 is 11.6 Å². The molecule has 0 saturated carbocycles. The van der Waals surface area contributed by atoms with Crippen molar-refractivity contribution in [3.05, 3.63) is 113 Å². The van der Waals surface area contributed by atoms with Gasteiger partial charge in [-0.05, 0) is 60.9 Å². The lowest BCUT2D eigenvalue weighted by molar-refractivity contribution is 0.101. The van der Waals surface area contributed by atoms with Gasteiger partial charge in [0.15, 0.2) is 0 Å². The van der Waals surface area contributed by atoms with Gasteiger partial charge in [-0.25, -0.2) is 9.07 Å². The van der Waals surface area contributed by atoms with Crippen molar-refractivity contribution in [3.63, 3.8) is 0 Å². The molecular weight excluding hydrogens is 405 g/mol. The fourth-order valence-corrected chi connectivity index (χ4v) is 3.61. The lowest BCUT2D eigenvalue weighted by Gasteiger charge is -2.15. The van der Waals surface area contributed by atoms with E-state index in [2.05, 4.69) is 17.3 Å². The van der Waals surface area contributed by atoms with Gasteiger partial charge in [-0.15, -0.1) is 0 Å². The van der Waals surface area contributed by atoms with Crippen molar-refractivity contribution in [2.75, 3.05) is 5.32 Å². The number of aryl methyl sites for hydroxylation is 2. The van der Waals surface area contributed by atoms with Crippen LogP contribution in [-0.4, -0.2) is 20.8 Å². The molecule has 32 heavy (non-hydrogen) atoms. The molecule has 1 atom stereocenters. The molecule has 0 aliphatic rings. The topological polar surface area (TPSA) is 67.2 Å². The van der Waals surface area contributed by atoms with Crippen LogP contribution in [0.5, 0.6) is 0 Å². The lowest BCUT2D eigenvalue weighted by atomic mass is 10.0. The molecular formula is C26H24FN3O2. The maximum absolute atomic E-state index is 14.4. The van der Waals surface area contributed by atoms with Crippen LogP contribution in [0.2, 0.25) is 0 Å². The number of aliphatic hydroxyl groups is 1. The highest BCUT2D eigenvalue weighted by molar-refractivity contribution is 6.03. The number of hydrogen-bond acceptors (Lipinski definition) is 3. The quantitative estimate of drug-likeness (QED) is 0.442. The van der Waals surface area contributed by atoms with Crippen molar-refractivity contribution in [2.45, 2.75) is 26.4 Å². The van der Waals surface area contributed by atoms with E-state index >= 15 is 0 Å². The zero-order valence-corrected chi connectivity index (χ0v) is 17.9. The molecule has 4 aromatic rings. The van der Waals surface area contributed by atoms with Crippen molar-refractivity contribution in [3.8, 4) is 5.69 Å². The van der Waals surface area contributed by atoms with Gasteiger partial charge in [0.05, 0.1) is 11.4 Å². The van der Waals surface area contributed by atoms with Crippen LogP contribution in [0, 0.1) is 12.7 Å². The Balaban J connectivity index is 1.63. The van der Waals surface area contributed by atoms with Crippen LogP contribution in [0.3, 0.4) is 0 Å². The molecule has 5 nitrogen and oxygen atoms in total. The molecule has 1 heterocycles. The van der Waals surface area contributed by atoms with Crippen LogP contribution in [0.25, 0.3) is 5.69 Å². The van der Waals surface area contributed by atoms with Gasteiger partial charge in [-0.1, -0.05) is 49.4 Å². The van der Waals surface area contributed by atoms with E-state index in [1.165, 1.54) is 18.2 Å². The second-order valence-electron chi connectivity index (χ2n) is 7.61. The number of aliphatic hydroxyl groups excluding tert-OH is 1. The van der Waals surface area contributed by atoms with E-state index in [4.69, 9.17) is 0 Å². The Labute approximate surface area is 186 Å². The summed E-state index contributed by atoms with van der Waals surface area (Å²) in [4.78, 5) is 13.1. The summed E-state index contributed by atoms with van der Waals surface area (Å²) in [5.41, 5.74) is 4.05. The molecule has 162 valence electrons. The van der Waals surface area contributed by atoms with Crippen molar-refractivity contribution in [2.24, 2.45) is 0 Å². The van der Waals surface area contributed by atoms with Crippen LogP contribution >= 0.6 is 0 Å². The first-order valence-electron chi connectivity index (χ1n) is 10.5. The number of anilines is 1. The summed E-state index contributed by atoms with van der Waals surface area (Å²) in [6.45, 7) is 3.89. The van der Waals surface area contributed by atoms with Gasteiger partial charge < -0.3 is 10.4 Å². The smallest absolute Gasteiger partial charge is 0.274 e. The maximum atomic E-state index is 14.4. The zero-order chi connectivity index (χ0) is 22.7. The fourth-order valence-electron chi connectivity index (χ4n) is 3.61. The van der Waals surface area contributed by atoms with E-state index in [1.807, 2.05) is 37.3 Å². The van der Waals surface area contributed by atoms with Crippen LogP contribution in [0.4, 0.5) is 10.1 Å². The van der Waals surface area contributed by atoms with Gasteiger partial charge in [0.25, 0.3) is 5.91 Å². The Kier molecular flexibility index (Phi) is 6.14. The van der Waals surface area contributed by atoms with E-state index in [0.717, 1.165) is 17.7 Å². The van der Waals surface area contributed by atoms with Gasteiger partial charge in [-0.2, -0.15) is 5.10 Å². The molecule has 2 N–H and O–H groups in total. The number of nitrogens with zero attached hydrogens (tertiary/aromatic N) is 2. The largest absolute Gasteiger partial charge is 0.384 e. The van der Waals surface area contributed by atoms with Crippen molar-refractivity contribution < 1.29 is 14.3 Å². The lowest BCUT2D eigenvalue weighted by Crippen LogP contribution is -2.17. The fraction of sp³-hybridized carbons (Fsp3) is 0.154. The van der Waals surface area contributed by atoms with Crippen molar-refractivity contribution in [1.82, 2.24) is 9.78 Å². The van der Waals surface area contributed by atoms with E-state index in [-0.39, 0.29) is 11.5 Å². The van der Waals surface area contributed by atoms with Crippen LogP contribution in [0.15, 0.2) is 78.9 Å². The summed E-state index contributed by atoms with van der Waals surface area (Å²) in [7, 11) is 0. The average molecular weight is 429 g/mol. The summed E-state index contributed by atoms with van der Waals surface area (Å²) in [5, 5.41) is 17.9. The number of carbonyl (C=O) groups excluding carboxylic acids is 1. The molecule has 0 bridgehead atoms. The third-order valence-corrected chi connectivity index (χ3v) is 5.29. The summed E-state index contributed by atoms with van der Waals surface area (Å²) in [6, 6.07) is 22.5. The Morgan fingerprint density at radius 3 is 2.59 bits per heavy atom. The molecule has 1 unspecified atom stereocenters. The molecule has 0 aliphatic heterocycles. The Bertz CT molecular complexity index is 1250. The molecule has 1 amide bonds. The van der Waals surface area contributed by atoms with Gasteiger partial charge in [0.2, 0.25) is 0 Å². The number of carbonyl (C=O) groups is 1. The van der Waals surface area contributed by atoms with Gasteiger partial charge in [-0.3, -0.25) is 4.79 Å². The number of nitrogens with one attached hydrogen (secondary N) is 1. The molecule has 1 aromatic heterocycles. The molecule has 0 saturated heterocycles. The number of benzene rings is 3. The van der Waals surface area contributed by atoms with Crippen molar-refractivity contribution in [1.29, 1.82) is 0 Å². The van der Waals surface area contributed by atoms with Crippen LogP contribution in [0.1, 0.15) is 45.9 Å². The summed E-state index contributed by atoms with van der Waals surface area (Å²) in [6.07, 6.45) is -0.268. The number of hydrogen-bond donors (Lipinski definition) is 2. The first-order valence-corrected chi connectivity index (χ1v) is 10.5. The maximum Gasteiger partial charge on any atom is 0.274 e. The first-order chi connectivity index (χ1) is 15.5. The molecule has 6 heteroatoms. The Morgan fingerprint density at radius 1 is 1.06 bits per heavy atom. The third kappa shape index (κ3) is 4.45. The van der Waals surface area contributed by atoms with E-state index < -0.39 is 11.9 Å². The van der Waals surface area contributed by atoms with Gasteiger partial charge >= 0.3 is 0 Å². The predicted octanol–water partition coefficient (Wildman–Crippen LogP) is 5.22. The number of aromatic nitrogens is 2. The second-order valence-corrected chi connectivity index (χ2v) is 7.61. The zero-order valence-electron chi connectivity index (χ0n) is 17.9. The SMILES string of the molecule is CCc1cccc(-n2nc(C)cc2C(=O)Nc2ccc(F)c(C(O)c3ccccc3)c2)c1. The summed E-state index contributed by atoms with van der Waals surface area (Å²) < 4.78 is 16.0. The number of halogens is 1. The summed E-state index contributed by atoms with van der Waals surface area (Å²) >= 11 is 0. The predicted molar refractivity (Wildman–Crippen MR) is 123 cm³/mol. The normalized spacial score (nSPS) is 11.9. The van der Waals surface area contributed by atoms with E-state index in [9.17, 15) is 14.3 Å². The highest BCUT2D eigenvalue weighted by Crippen LogP contribution is 2.27. The highest BCUT2D eigenvalue weighted by Gasteiger charge is 2.19. The third-order valence-electron chi connectivity index (χ3n) is 5.29. The Morgan fingerprint density at radius 2 is 1.84 bits per heavy atom. The monoisotopic (exact) mass is 429 g/mol. The first kappa shape index (κ1) is 21.5. The minimum absolute atomic E-state index is 0.0920. The highest BCUT2D eigenvalue weighted by atomic mass is 19.1. The van der Waals surface area contributed by atoms with E-state index in [1.54, 1.807) is 35.0 Å². The van der Waals surface area contributed by atoms with Gasteiger partial charge in [0.1, 0.15) is 17.6 Å². The minimum Gasteiger partial charge on any atom is -0.384 e. The summed E-state index contributed by atoms with van der Waals surface area (Å²) in [5.74, 6) is -0.920. The molecule has 4 rings (SSSR count). The molecule has 3 aromatic carbocycles. The number of amides is 1. The second kappa shape index (κ2) is 9.16. The van der Waals surface area contributed by atoms with E-state index in [0.29, 0.717) is 22.6 Å². The minimum atomic E-state index is -1.14. The van der Waals surface area contributed by atoms with Gasteiger partial charge in [0, 0.05) is 11.3 Å². The average Bonchev–Trinajstić information content (AvgIpc) is 3.22. The molecule has 0 aliphatic carbocycles. The molecule has 0 fully saturated rings. The molecule has 0 radical (unpaired) electrons. The molecule has 0 spiro atoms. The standard InChI is InChI=1S/C26H24FN3O2/c1-3-18-8-7-11-21(15-18)30-24(14-17(2)29-30)26(32)28-20-12-13-23(27)22(16-20)25(31)19-9-5-4-6-10-19/h4-16,25,31H,3H2,1-2H3,(H,28,32). The van der Waals surface area contributed by atoms with Crippen LogP contribution in [-0.2, 0) is 6.42 Å².